The number of hydrogen-bond acceptors (Lipinski definition) is 5. The number of nitrogens with zero attached hydrogens (tertiary/aromatic N) is 3. The highest BCUT2D eigenvalue weighted by atomic mass is 35.5. The van der Waals surface area contributed by atoms with E-state index in [9.17, 15) is 4.79 Å². The van der Waals surface area contributed by atoms with Gasteiger partial charge in [-0.1, -0.05) is 11.6 Å². The molecule has 1 amide bonds. The van der Waals surface area contributed by atoms with Gasteiger partial charge in [-0.25, -0.2) is 9.78 Å². The SMILES string of the molecule is CN1C2C[C@@H]1CN(c1cc(NC(=O)OC(C)(C)C)c(Cl)cn1)C2. The number of nitrogens with one attached hydrogen (secondary N) is 1. The number of fused-ring (bicyclic) bond motifs is 2. The molecule has 4 rings (SSSR count). The third kappa shape index (κ3) is 3.53. The van der Waals surface area contributed by atoms with Crippen molar-refractivity contribution in [2.24, 2.45) is 0 Å². The van der Waals surface area contributed by atoms with Crippen LogP contribution in [-0.2, 0) is 4.74 Å². The molecule has 0 radical (unpaired) electrons. The van der Waals surface area contributed by atoms with Crippen LogP contribution in [0.3, 0.4) is 0 Å². The zero-order chi connectivity index (χ0) is 16.8. The number of pyridine rings is 1. The molecule has 6 nitrogen and oxygen atoms in total. The number of rotatable bonds is 2. The van der Waals surface area contributed by atoms with Crippen molar-refractivity contribution in [2.45, 2.75) is 44.9 Å². The van der Waals surface area contributed by atoms with E-state index in [0.717, 1.165) is 18.9 Å². The number of carbonyl (C=O) groups excluding carboxylic acids is 1. The second-order valence-electron chi connectivity index (χ2n) is 7.26. The van der Waals surface area contributed by atoms with E-state index in [1.54, 1.807) is 6.20 Å². The van der Waals surface area contributed by atoms with E-state index in [1.807, 2.05) is 26.8 Å². The van der Waals surface area contributed by atoms with Gasteiger partial charge in [0, 0.05) is 31.2 Å². The Morgan fingerprint density at radius 3 is 2.61 bits per heavy atom. The number of ether oxygens (including phenoxy) is 1. The number of likely N-dealkylation sites (N-methyl/N-ethyl adjacent to an activating group) is 1. The second-order valence-corrected chi connectivity index (χ2v) is 7.67. The molecule has 0 aliphatic carbocycles. The molecule has 4 heterocycles. The standard InChI is InChI=1S/C16H23ClN4O2/c1-16(2,3)23-15(22)19-13-6-14(18-7-12(13)17)21-8-10-5-11(9-21)20(10)4/h6-7,10-11H,5,8-9H2,1-4H3,(H,18,19,22)/t10-,11?/m1/s1. The number of piperazine rings is 1. The lowest BCUT2D eigenvalue weighted by Crippen LogP contribution is -2.67. The van der Waals surface area contributed by atoms with E-state index in [0.29, 0.717) is 22.8 Å². The second kappa shape index (κ2) is 5.83. The Morgan fingerprint density at radius 1 is 1.39 bits per heavy atom. The summed E-state index contributed by atoms with van der Waals surface area (Å²) in [5, 5.41) is 3.11. The average Bonchev–Trinajstić information content (AvgIpc) is 2.47. The van der Waals surface area contributed by atoms with Crippen molar-refractivity contribution in [1.29, 1.82) is 0 Å². The number of carbonyl (C=O) groups is 1. The van der Waals surface area contributed by atoms with Gasteiger partial charge in [-0.05, 0) is 34.2 Å². The number of halogens is 1. The molecule has 2 bridgehead atoms. The van der Waals surface area contributed by atoms with E-state index in [-0.39, 0.29) is 0 Å². The average molecular weight is 339 g/mol. The summed E-state index contributed by atoms with van der Waals surface area (Å²) >= 11 is 6.15. The largest absolute Gasteiger partial charge is 0.444 e. The minimum Gasteiger partial charge on any atom is -0.444 e. The molecule has 1 aromatic heterocycles. The summed E-state index contributed by atoms with van der Waals surface area (Å²) in [5.41, 5.74) is -0.0240. The molecule has 0 aromatic carbocycles. The van der Waals surface area contributed by atoms with Crippen LogP contribution in [0.5, 0.6) is 0 Å². The number of hydrogen-bond donors (Lipinski definition) is 1. The van der Waals surface area contributed by atoms with Crippen LogP contribution in [0, 0.1) is 0 Å². The highest BCUT2D eigenvalue weighted by Gasteiger charge is 2.42. The molecule has 3 fully saturated rings. The van der Waals surface area contributed by atoms with Crippen molar-refractivity contribution in [3.63, 3.8) is 0 Å². The summed E-state index contributed by atoms with van der Waals surface area (Å²) in [6, 6.07) is 3.00. The van der Waals surface area contributed by atoms with Crippen molar-refractivity contribution in [3.05, 3.63) is 17.3 Å². The Morgan fingerprint density at radius 2 is 2.04 bits per heavy atom. The third-order valence-electron chi connectivity index (χ3n) is 4.36. The molecular weight excluding hydrogens is 316 g/mol. The van der Waals surface area contributed by atoms with Crippen LogP contribution in [0.1, 0.15) is 27.2 Å². The van der Waals surface area contributed by atoms with Gasteiger partial charge in [-0.3, -0.25) is 10.2 Å². The minimum atomic E-state index is -0.550. The lowest BCUT2D eigenvalue weighted by molar-refractivity contribution is 0.0261. The molecule has 0 spiro atoms. The van der Waals surface area contributed by atoms with Crippen LogP contribution in [-0.4, -0.2) is 53.8 Å². The van der Waals surface area contributed by atoms with Gasteiger partial charge in [0.25, 0.3) is 0 Å². The van der Waals surface area contributed by atoms with E-state index in [4.69, 9.17) is 16.3 Å². The lowest BCUT2D eigenvalue weighted by atomic mass is 9.88. The predicted molar refractivity (Wildman–Crippen MR) is 91.3 cm³/mol. The molecule has 126 valence electrons. The van der Waals surface area contributed by atoms with Crippen LogP contribution in [0.25, 0.3) is 0 Å². The number of amides is 1. The van der Waals surface area contributed by atoms with E-state index in [2.05, 4.69) is 27.1 Å². The Hall–Kier alpha value is -1.53. The van der Waals surface area contributed by atoms with Gasteiger partial charge >= 0.3 is 6.09 Å². The quantitative estimate of drug-likeness (QED) is 0.898. The van der Waals surface area contributed by atoms with Crippen LogP contribution in [0.4, 0.5) is 16.3 Å². The maximum Gasteiger partial charge on any atom is 0.412 e. The maximum atomic E-state index is 11.9. The molecule has 3 saturated heterocycles. The smallest absolute Gasteiger partial charge is 0.412 e. The summed E-state index contributed by atoms with van der Waals surface area (Å²) in [7, 11) is 2.17. The van der Waals surface area contributed by atoms with Gasteiger partial charge in [-0.2, -0.15) is 0 Å². The number of piperidine rings is 1. The Kier molecular flexibility index (Phi) is 4.14. The zero-order valence-electron chi connectivity index (χ0n) is 14.0. The fourth-order valence-corrected chi connectivity index (χ4v) is 3.24. The number of anilines is 2. The summed E-state index contributed by atoms with van der Waals surface area (Å²) in [6.45, 7) is 7.37. The molecule has 23 heavy (non-hydrogen) atoms. The molecule has 7 heteroatoms. The molecular formula is C16H23ClN4O2. The molecule has 3 aliphatic heterocycles. The fourth-order valence-electron chi connectivity index (χ4n) is 3.09. The normalized spacial score (nSPS) is 24.1. The molecule has 1 aromatic rings. The third-order valence-corrected chi connectivity index (χ3v) is 4.66. The first kappa shape index (κ1) is 16.3. The summed E-state index contributed by atoms with van der Waals surface area (Å²) in [4.78, 5) is 21.0. The van der Waals surface area contributed by atoms with Gasteiger partial charge in [0.05, 0.1) is 16.9 Å². The van der Waals surface area contributed by atoms with Gasteiger partial charge < -0.3 is 9.64 Å². The van der Waals surface area contributed by atoms with Gasteiger partial charge in [0.1, 0.15) is 11.4 Å². The Labute approximate surface area is 141 Å². The van der Waals surface area contributed by atoms with Gasteiger partial charge in [-0.15, -0.1) is 0 Å². The topological polar surface area (TPSA) is 57.7 Å². The monoisotopic (exact) mass is 338 g/mol. The Balaban J connectivity index is 1.71. The highest BCUT2D eigenvalue weighted by Crippen LogP contribution is 2.34. The molecule has 3 aliphatic rings. The van der Waals surface area contributed by atoms with Crippen molar-refractivity contribution >= 4 is 29.2 Å². The van der Waals surface area contributed by atoms with Crippen molar-refractivity contribution < 1.29 is 9.53 Å². The maximum absolute atomic E-state index is 11.9. The van der Waals surface area contributed by atoms with Crippen molar-refractivity contribution in [2.75, 3.05) is 30.4 Å². The van der Waals surface area contributed by atoms with Crippen molar-refractivity contribution in [3.8, 4) is 0 Å². The number of aromatic nitrogens is 1. The molecule has 2 atom stereocenters. The van der Waals surface area contributed by atoms with Crippen molar-refractivity contribution in [1.82, 2.24) is 9.88 Å². The van der Waals surface area contributed by atoms with E-state index in [1.165, 1.54) is 6.42 Å². The van der Waals surface area contributed by atoms with Crippen LogP contribution < -0.4 is 10.2 Å². The summed E-state index contributed by atoms with van der Waals surface area (Å²) in [5.74, 6) is 0.836. The Bertz CT molecular complexity index is 605. The zero-order valence-corrected chi connectivity index (χ0v) is 14.7. The molecule has 0 saturated carbocycles. The van der Waals surface area contributed by atoms with E-state index < -0.39 is 11.7 Å². The fraction of sp³-hybridized carbons (Fsp3) is 0.625. The summed E-state index contributed by atoms with van der Waals surface area (Å²) < 4.78 is 5.27. The van der Waals surface area contributed by atoms with Gasteiger partial charge in [0.2, 0.25) is 0 Å². The molecule has 1 N–H and O–H groups in total. The first-order valence-corrected chi connectivity index (χ1v) is 8.23. The first-order chi connectivity index (χ1) is 10.7. The van der Waals surface area contributed by atoms with Gasteiger partial charge in [0.15, 0.2) is 0 Å². The predicted octanol–water partition coefficient (Wildman–Crippen LogP) is 2.97. The van der Waals surface area contributed by atoms with E-state index >= 15 is 0 Å². The highest BCUT2D eigenvalue weighted by molar-refractivity contribution is 6.33. The lowest BCUT2D eigenvalue weighted by Gasteiger charge is -2.55. The minimum absolute atomic E-state index is 0.402. The van der Waals surface area contributed by atoms with Crippen LogP contribution >= 0.6 is 11.6 Å². The first-order valence-electron chi connectivity index (χ1n) is 7.85. The molecule has 1 unspecified atom stereocenters. The van der Waals surface area contributed by atoms with Crippen LogP contribution in [0.2, 0.25) is 5.02 Å². The van der Waals surface area contributed by atoms with Crippen LogP contribution in [0.15, 0.2) is 12.3 Å². The summed E-state index contributed by atoms with van der Waals surface area (Å²) in [6.07, 6.45) is 2.31.